The largest absolute Gasteiger partial charge is 0.381 e. The Hall–Kier alpha value is -1.78. The van der Waals surface area contributed by atoms with E-state index in [1.807, 2.05) is 18.2 Å². The van der Waals surface area contributed by atoms with Crippen LogP contribution in [0.2, 0.25) is 5.02 Å². The Balaban J connectivity index is 1.77. The third-order valence-electron chi connectivity index (χ3n) is 4.34. The molecular weight excluding hydrogens is 300 g/mol. The molecule has 1 amide bonds. The number of amides is 1. The average Bonchev–Trinajstić information content (AvgIpc) is 3.09. The molecule has 1 aromatic heterocycles. The van der Waals surface area contributed by atoms with Crippen LogP contribution in [0, 0.1) is 0 Å². The van der Waals surface area contributed by atoms with Crippen molar-refractivity contribution in [3.8, 4) is 0 Å². The first-order chi connectivity index (χ1) is 10.7. The molecule has 0 radical (unpaired) electrons. The number of carbonyl (C=O) groups excluding carboxylic acids is 1. The van der Waals surface area contributed by atoms with E-state index < -0.39 is 0 Å². The van der Waals surface area contributed by atoms with Crippen LogP contribution in [-0.4, -0.2) is 30.6 Å². The number of ether oxygens (including phenoxy) is 1. The van der Waals surface area contributed by atoms with Crippen molar-refractivity contribution in [1.82, 2.24) is 10.3 Å². The van der Waals surface area contributed by atoms with Gasteiger partial charge in [-0.25, -0.2) is 0 Å². The van der Waals surface area contributed by atoms with Gasteiger partial charge in [0.2, 0.25) is 0 Å². The van der Waals surface area contributed by atoms with E-state index in [-0.39, 0.29) is 11.3 Å². The highest BCUT2D eigenvalue weighted by Crippen LogP contribution is 2.34. The predicted octanol–water partition coefficient (Wildman–Crippen LogP) is 3.15. The van der Waals surface area contributed by atoms with Crippen LogP contribution >= 0.6 is 11.6 Å². The molecule has 1 aliphatic heterocycles. The van der Waals surface area contributed by atoms with Crippen molar-refractivity contribution >= 4 is 17.5 Å². The van der Waals surface area contributed by atoms with Crippen LogP contribution in [0.25, 0.3) is 0 Å². The SMILES string of the molecule is O=C(NCC1(c2ccc(Cl)cc2)CCOCC1)c1ccc[nH]1. The summed E-state index contributed by atoms with van der Waals surface area (Å²) in [6.07, 6.45) is 3.53. The quantitative estimate of drug-likeness (QED) is 0.910. The van der Waals surface area contributed by atoms with Crippen molar-refractivity contribution < 1.29 is 9.53 Å². The highest BCUT2D eigenvalue weighted by molar-refractivity contribution is 6.30. The van der Waals surface area contributed by atoms with Crippen LogP contribution in [0.3, 0.4) is 0 Å². The molecule has 0 spiro atoms. The van der Waals surface area contributed by atoms with Gasteiger partial charge in [-0.05, 0) is 42.7 Å². The maximum atomic E-state index is 12.2. The second-order valence-electron chi connectivity index (χ2n) is 5.67. The van der Waals surface area contributed by atoms with Crippen LogP contribution in [0.5, 0.6) is 0 Å². The molecule has 1 saturated heterocycles. The molecule has 0 unspecified atom stereocenters. The maximum Gasteiger partial charge on any atom is 0.267 e. The Labute approximate surface area is 134 Å². The molecule has 22 heavy (non-hydrogen) atoms. The summed E-state index contributed by atoms with van der Waals surface area (Å²) in [7, 11) is 0. The lowest BCUT2D eigenvalue weighted by Gasteiger charge is -2.38. The molecule has 2 aromatic rings. The van der Waals surface area contributed by atoms with Crippen molar-refractivity contribution in [3.63, 3.8) is 0 Å². The first kappa shape index (κ1) is 15.1. The third-order valence-corrected chi connectivity index (χ3v) is 4.59. The number of hydrogen-bond donors (Lipinski definition) is 2. The summed E-state index contributed by atoms with van der Waals surface area (Å²) in [4.78, 5) is 15.1. The number of hydrogen-bond acceptors (Lipinski definition) is 2. The Bertz CT molecular complexity index is 617. The summed E-state index contributed by atoms with van der Waals surface area (Å²) < 4.78 is 5.50. The molecule has 1 aliphatic rings. The fraction of sp³-hybridized carbons (Fsp3) is 0.353. The van der Waals surface area contributed by atoms with E-state index in [4.69, 9.17) is 16.3 Å². The molecule has 4 nitrogen and oxygen atoms in total. The van der Waals surface area contributed by atoms with Crippen molar-refractivity contribution in [3.05, 3.63) is 58.9 Å². The molecule has 3 rings (SSSR count). The molecule has 116 valence electrons. The van der Waals surface area contributed by atoms with Crippen LogP contribution in [0.1, 0.15) is 28.9 Å². The number of aromatic amines is 1. The van der Waals surface area contributed by atoms with Crippen LogP contribution in [0.4, 0.5) is 0 Å². The van der Waals surface area contributed by atoms with Gasteiger partial charge >= 0.3 is 0 Å². The van der Waals surface area contributed by atoms with Crippen molar-refractivity contribution in [2.24, 2.45) is 0 Å². The Morgan fingerprint density at radius 1 is 1.23 bits per heavy atom. The summed E-state index contributed by atoms with van der Waals surface area (Å²) >= 11 is 5.99. The van der Waals surface area contributed by atoms with Gasteiger partial charge in [0.05, 0.1) is 0 Å². The minimum absolute atomic E-state index is 0.0789. The topological polar surface area (TPSA) is 54.1 Å². The van der Waals surface area contributed by atoms with Gasteiger partial charge < -0.3 is 15.0 Å². The molecule has 2 N–H and O–H groups in total. The molecule has 2 heterocycles. The zero-order valence-corrected chi connectivity index (χ0v) is 13.0. The summed E-state index contributed by atoms with van der Waals surface area (Å²) in [5, 5.41) is 3.77. The van der Waals surface area contributed by atoms with Gasteiger partial charge in [0.1, 0.15) is 5.69 Å². The van der Waals surface area contributed by atoms with Crippen LogP contribution in [0.15, 0.2) is 42.6 Å². The fourth-order valence-electron chi connectivity index (χ4n) is 2.95. The molecule has 1 fully saturated rings. The second-order valence-corrected chi connectivity index (χ2v) is 6.10. The van der Waals surface area contributed by atoms with Crippen LogP contribution in [-0.2, 0) is 10.2 Å². The second kappa shape index (κ2) is 6.55. The highest BCUT2D eigenvalue weighted by Gasteiger charge is 2.34. The summed E-state index contributed by atoms with van der Waals surface area (Å²) in [5.74, 6) is -0.0789. The Morgan fingerprint density at radius 3 is 2.59 bits per heavy atom. The summed E-state index contributed by atoms with van der Waals surface area (Å²) in [6, 6.07) is 11.5. The summed E-state index contributed by atoms with van der Waals surface area (Å²) in [6.45, 7) is 2.01. The zero-order valence-electron chi connectivity index (χ0n) is 12.3. The number of nitrogens with one attached hydrogen (secondary N) is 2. The van der Waals surface area contributed by atoms with E-state index in [1.165, 1.54) is 5.56 Å². The highest BCUT2D eigenvalue weighted by atomic mass is 35.5. The zero-order chi connectivity index (χ0) is 15.4. The lowest BCUT2D eigenvalue weighted by molar-refractivity contribution is 0.0487. The van der Waals surface area contributed by atoms with E-state index >= 15 is 0 Å². The average molecular weight is 319 g/mol. The maximum absolute atomic E-state index is 12.2. The lowest BCUT2D eigenvalue weighted by Crippen LogP contribution is -2.44. The third kappa shape index (κ3) is 3.18. The Morgan fingerprint density at radius 2 is 1.95 bits per heavy atom. The van der Waals surface area contributed by atoms with E-state index in [0.717, 1.165) is 17.9 Å². The first-order valence-corrected chi connectivity index (χ1v) is 7.83. The minimum Gasteiger partial charge on any atom is -0.381 e. The number of rotatable bonds is 4. The molecule has 0 atom stereocenters. The van der Waals surface area contributed by atoms with E-state index in [2.05, 4.69) is 22.4 Å². The van der Waals surface area contributed by atoms with E-state index in [0.29, 0.717) is 25.5 Å². The van der Waals surface area contributed by atoms with Gasteiger partial charge in [0.15, 0.2) is 0 Å². The monoisotopic (exact) mass is 318 g/mol. The van der Waals surface area contributed by atoms with Gasteiger partial charge in [0.25, 0.3) is 5.91 Å². The smallest absolute Gasteiger partial charge is 0.267 e. The Kier molecular flexibility index (Phi) is 4.50. The summed E-state index contributed by atoms with van der Waals surface area (Å²) in [5.41, 5.74) is 1.69. The van der Waals surface area contributed by atoms with Gasteiger partial charge in [-0.1, -0.05) is 23.7 Å². The van der Waals surface area contributed by atoms with Crippen LogP contribution < -0.4 is 5.32 Å². The molecule has 0 aliphatic carbocycles. The minimum atomic E-state index is -0.0922. The number of halogens is 1. The van der Waals surface area contributed by atoms with Gasteiger partial charge in [-0.2, -0.15) is 0 Å². The molecule has 5 heteroatoms. The van der Waals surface area contributed by atoms with Gasteiger partial charge in [-0.3, -0.25) is 4.79 Å². The standard InChI is InChI=1S/C17H19ClN2O2/c18-14-5-3-13(4-6-14)17(7-10-22-11-8-17)12-20-16(21)15-2-1-9-19-15/h1-6,9,19H,7-8,10-12H2,(H,20,21). The van der Waals surface area contributed by atoms with Gasteiger partial charge in [-0.15, -0.1) is 0 Å². The van der Waals surface area contributed by atoms with E-state index in [1.54, 1.807) is 12.3 Å². The number of H-pyrrole nitrogens is 1. The van der Waals surface area contributed by atoms with Crippen molar-refractivity contribution in [2.45, 2.75) is 18.3 Å². The van der Waals surface area contributed by atoms with E-state index in [9.17, 15) is 4.79 Å². The van der Waals surface area contributed by atoms with Crippen molar-refractivity contribution in [2.75, 3.05) is 19.8 Å². The number of benzene rings is 1. The fourth-order valence-corrected chi connectivity index (χ4v) is 3.08. The molecule has 1 aromatic carbocycles. The molecular formula is C17H19ClN2O2. The molecule has 0 bridgehead atoms. The predicted molar refractivity (Wildman–Crippen MR) is 86.3 cm³/mol. The number of aromatic nitrogens is 1. The first-order valence-electron chi connectivity index (χ1n) is 7.45. The van der Waals surface area contributed by atoms with Gasteiger partial charge in [0, 0.05) is 36.4 Å². The normalized spacial score (nSPS) is 17.1. The lowest BCUT2D eigenvalue weighted by atomic mass is 9.74. The molecule has 0 saturated carbocycles. The van der Waals surface area contributed by atoms with Crippen molar-refractivity contribution in [1.29, 1.82) is 0 Å². The number of carbonyl (C=O) groups is 1.